The molecule has 0 N–H and O–H groups in total. The van der Waals surface area contributed by atoms with E-state index >= 15 is 4.39 Å². The summed E-state index contributed by atoms with van der Waals surface area (Å²) in [5.41, 5.74) is 2.56. The summed E-state index contributed by atoms with van der Waals surface area (Å²) in [5, 5.41) is 2.46. The molecule has 3 heterocycles. The number of fused-ring (bicyclic) bond motifs is 1. The van der Waals surface area contributed by atoms with Gasteiger partial charge in [-0.1, -0.05) is 60.3 Å². The number of hydrogen-bond acceptors (Lipinski definition) is 7. The maximum absolute atomic E-state index is 15.2. The molecule has 1 fully saturated rings. The third kappa shape index (κ3) is 4.94. The van der Waals surface area contributed by atoms with Gasteiger partial charge in [-0.25, -0.2) is 14.2 Å². The molecule has 2 aromatic rings. The fraction of sp³-hybridized carbons (Fsp3) is 0.296. The summed E-state index contributed by atoms with van der Waals surface area (Å²) in [5.74, 6) is -1.05. The van der Waals surface area contributed by atoms with Crippen LogP contribution in [0, 0.1) is 5.82 Å². The first-order chi connectivity index (χ1) is 17.5. The van der Waals surface area contributed by atoms with E-state index in [1.165, 1.54) is 17.8 Å². The molecule has 0 radical (unpaired) electrons. The molecule has 36 heavy (non-hydrogen) atoms. The number of amidine groups is 1. The number of benzene rings is 2. The van der Waals surface area contributed by atoms with Crippen LogP contribution < -0.4 is 0 Å². The van der Waals surface area contributed by atoms with Crippen molar-refractivity contribution in [1.29, 1.82) is 0 Å². The minimum atomic E-state index is -0.805. The Morgan fingerprint density at radius 1 is 1.11 bits per heavy atom. The molecule has 0 spiro atoms. The summed E-state index contributed by atoms with van der Waals surface area (Å²) in [6.45, 7) is 3.90. The third-order valence-electron chi connectivity index (χ3n) is 6.33. The van der Waals surface area contributed by atoms with Crippen LogP contribution >= 0.6 is 11.8 Å². The highest BCUT2D eigenvalue weighted by Gasteiger charge is 2.42. The summed E-state index contributed by atoms with van der Waals surface area (Å²) in [6.07, 6.45) is 0.113. The van der Waals surface area contributed by atoms with E-state index < -0.39 is 17.8 Å². The summed E-state index contributed by atoms with van der Waals surface area (Å²) in [6, 6.07) is 14.9. The normalized spacial score (nSPS) is 19.6. The Labute approximate surface area is 213 Å². The number of carbonyl (C=O) groups is 2. The molecule has 2 aromatic carbocycles. The number of carbonyl (C=O) groups excluding carboxylic acids is 2. The molecule has 186 valence electrons. The van der Waals surface area contributed by atoms with E-state index in [9.17, 15) is 9.59 Å². The van der Waals surface area contributed by atoms with E-state index in [2.05, 4.69) is 4.99 Å². The van der Waals surface area contributed by atoms with Gasteiger partial charge in [-0.15, -0.1) is 0 Å². The summed E-state index contributed by atoms with van der Waals surface area (Å²) in [7, 11) is 0. The van der Waals surface area contributed by atoms with Crippen molar-refractivity contribution in [2.45, 2.75) is 26.0 Å². The Bertz CT molecular complexity index is 1250. The Balaban J connectivity index is 1.46. The Morgan fingerprint density at radius 3 is 2.58 bits per heavy atom. The van der Waals surface area contributed by atoms with Gasteiger partial charge in [-0.2, -0.15) is 0 Å². The van der Waals surface area contributed by atoms with E-state index in [1.54, 1.807) is 34.9 Å². The molecule has 9 heteroatoms. The molecule has 5 rings (SSSR count). The second-order valence-electron chi connectivity index (χ2n) is 8.65. The average Bonchev–Trinajstić information content (AvgIpc) is 3.29. The van der Waals surface area contributed by atoms with Crippen LogP contribution in [0.15, 0.2) is 82.0 Å². The van der Waals surface area contributed by atoms with E-state index in [1.807, 2.05) is 35.7 Å². The molecule has 1 amide bonds. The second kappa shape index (κ2) is 10.7. The van der Waals surface area contributed by atoms with Gasteiger partial charge >= 0.3 is 5.97 Å². The highest BCUT2D eigenvalue weighted by Crippen LogP contribution is 2.45. The summed E-state index contributed by atoms with van der Waals surface area (Å²) < 4.78 is 26.2. The number of rotatable bonds is 6. The highest BCUT2D eigenvalue weighted by molar-refractivity contribution is 8.16. The Hall–Kier alpha value is -3.43. The maximum Gasteiger partial charge on any atom is 0.338 e. The van der Waals surface area contributed by atoms with Gasteiger partial charge in [0.2, 0.25) is 5.91 Å². The monoisotopic (exact) mass is 507 g/mol. The molecule has 0 unspecified atom stereocenters. The van der Waals surface area contributed by atoms with E-state index in [0.717, 1.165) is 5.56 Å². The van der Waals surface area contributed by atoms with Gasteiger partial charge in [0.25, 0.3) is 0 Å². The predicted octanol–water partition coefficient (Wildman–Crippen LogP) is 4.39. The molecule has 0 saturated carbocycles. The summed E-state index contributed by atoms with van der Waals surface area (Å²) in [4.78, 5) is 34.7. The van der Waals surface area contributed by atoms with Gasteiger partial charge in [0, 0.05) is 24.4 Å². The van der Waals surface area contributed by atoms with Crippen LogP contribution in [-0.2, 0) is 25.7 Å². The molecular formula is C27H26FN3O4S. The number of esters is 1. The lowest BCUT2D eigenvalue weighted by Crippen LogP contribution is -2.42. The topological polar surface area (TPSA) is 71.4 Å². The third-order valence-corrected chi connectivity index (χ3v) is 7.22. The molecule has 1 atom stereocenters. The molecule has 1 saturated heterocycles. The highest BCUT2D eigenvalue weighted by atomic mass is 32.2. The lowest BCUT2D eigenvalue weighted by atomic mass is 9.93. The van der Waals surface area contributed by atoms with Crippen molar-refractivity contribution < 1.29 is 23.5 Å². The van der Waals surface area contributed by atoms with Gasteiger partial charge in [0.1, 0.15) is 12.4 Å². The largest absolute Gasteiger partial charge is 0.457 e. The minimum absolute atomic E-state index is 0.0434. The van der Waals surface area contributed by atoms with Gasteiger partial charge in [0.15, 0.2) is 5.17 Å². The number of aliphatic imine (C=N–C) groups is 1. The van der Waals surface area contributed by atoms with Crippen molar-refractivity contribution in [3.8, 4) is 0 Å². The zero-order valence-electron chi connectivity index (χ0n) is 19.9. The van der Waals surface area contributed by atoms with Crippen LogP contribution in [0.3, 0.4) is 0 Å². The van der Waals surface area contributed by atoms with Crippen LogP contribution in [0.1, 0.15) is 30.5 Å². The van der Waals surface area contributed by atoms with E-state index in [4.69, 9.17) is 9.47 Å². The van der Waals surface area contributed by atoms with Crippen molar-refractivity contribution in [1.82, 2.24) is 9.80 Å². The maximum atomic E-state index is 15.2. The Kier molecular flexibility index (Phi) is 7.20. The fourth-order valence-electron chi connectivity index (χ4n) is 4.50. The van der Waals surface area contributed by atoms with Crippen LogP contribution in [-0.4, -0.2) is 53.1 Å². The van der Waals surface area contributed by atoms with Crippen LogP contribution in [0.25, 0.3) is 0 Å². The number of nitrogens with zero attached hydrogens (tertiary/aromatic N) is 3. The molecule has 0 aliphatic carbocycles. The van der Waals surface area contributed by atoms with Crippen LogP contribution in [0.4, 0.5) is 4.39 Å². The fourth-order valence-corrected chi connectivity index (χ4v) is 5.47. The van der Waals surface area contributed by atoms with Gasteiger partial charge in [-0.3, -0.25) is 4.79 Å². The predicted molar refractivity (Wildman–Crippen MR) is 135 cm³/mol. The first-order valence-electron chi connectivity index (χ1n) is 11.8. The molecule has 3 aliphatic heterocycles. The molecule has 0 bridgehead atoms. The smallest absolute Gasteiger partial charge is 0.338 e. The molecule has 0 aromatic heterocycles. The van der Waals surface area contributed by atoms with Crippen molar-refractivity contribution in [2.75, 3.05) is 26.3 Å². The molecule has 3 aliphatic rings. The van der Waals surface area contributed by atoms with Gasteiger partial charge in [0.05, 0.1) is 36.9 Å². The molecule has 7 nitrogen and oxygen atoms in total. The molecular weight excluding hydrogens is 481 g/mol. The van der Waals surface area contributed by atoms with E-state index in [-0.39, 0.29) is 24.5 Å². The lowest BCUT2D eigenvalue weighted by molar-refractivity contribution is -0.141. The van der Waals surface area contributed by atoms with Gasteiger partial charge in [-0.05, 0) is 24.0 Å². The van der Waals surface area contributed by atoms with Crippen molar-refractivity contribution in [3.63, 3.8) is 0 Å². The SMILES string of the molecule is CC1=C(C(=O)OCc2ccccc2)[C@H](c2ccccc2F)N2C(CC(=O)N3CCOCC3)=CSC2=N1. The number of morpholine rings is 1. The number of amides is 1. The standard InChI is InChI=1S/C27H26FN3O4S/c1-18-24(26(33)35-16-19-7-3-2-4-8-19)25(21-9-5-6-10-22(21)28)31-20(17-36-27(31)29-18)15-23(32)30-11-13-34-14-12-30/h2-10,17,25H,11-16H2,1H3/t25-/m0/s1. The zero-order valence-corrected chi connectivity index (χ0v) is 20.7. The van der Waals surface area contributed by atoms with Crippen LogP contribution in [0.2, 0.25) is 0 Å². The van der Waals surface area contributed by atoms with Crippen LogP contribution in [0.5, 0.6) is 0 Å². The lowest BCUT2D eigenvalue weighted by Gasteiger charge is -2.37. The first kappa shape index (κ1) is 24.3. The number of allylic oxidation sites excluding steroid dienone is 1. The van der Waals surface area contributed by atoms with E-state index in [0.29, 0.717) is 48.4 Å². The van der Waals surface area contributed by atoms with Crippen molar-refractivity contribution >= 4 is 28.8 Å². The first-order valence-corrected chi connectivity index (χ1v) is 12.7. The quantitative estimate of drug-likeness (QED) is 0.540. The number of ether oxygens (including phenoxy) is 2. The number of hydrogen-bond donors (Lipinski definition) is 0. The summed E-state index contributed by atoms with van der Waals surface area (Å²) >= 11 is 1.36. The Morgan fingerprint density at radius 2 is 1.83 bits per heavy atom. The average molecular weight is 508 g/mol. The minimum Gasteiger partial charge on any atom is -0.457 e. The zero-order chi connectivity index (χ0) is 25.1. The van der Waals surface area contributed by atoms with Gasteiger partial charge < -0.3 is 19.3 Å². The number of halogens is 1. The van der Waals surface area contributed by atoms with Crippen molar-refractivity contribution in [3.05, 3.63) is 93.9 Å². The number of thioether (sulfide) groups is 1. The second-order valence-corrected chi connectivity index (χ2v) is 9.48. The van der Waals surface area contributed by atoms with Crippen molar-refractivity contribution in [2.24, 2.45) is 4.99 Å².